The molecule has 8 heteroatoms. The highest BCUT2D eigenvalue weighted by Crippen LogP contribution is 2.14. The maximum Gasteiger partial charge on any atom is 0.239 e. The van der Waals surface area contributed by atoms with Crippen molar-refractivity contribution in [3.8, 4) is 0 Å². The predicted molar refractivity (Wildman–Crippen MR) is 106 cm³/mol. The second-order valence-corrected chi connectivity index (χ2v) is 7.09. The number of nitrogens with one attached hydrogen (secondary N) is 2. The summed E-state index contributed by atoms with van der Waals surface area (Å²) in [5, 5.41) is 6.17. The molecule has 2 N–H and O–H groups in total. The highest BCUT2D eigenvalue weighted by molar-refractivity contribution is 9.10. The summed E-state index contributed by atoms with van der Waals surface area (Å²) in [4.78, 5) is 29.8. The molecule has 26 heavy (non-hydrogen) atoms. The van der Waals surface area contributed by atoms with E-state index < -0.39 is 0 Å². The topological polar surface area (TPSA) is 74.3 Å². The van der Waals surface area contributed by atoms with Crippen LogP contribution in [0.5, 0.6) is 0 Å². The van der Waals surface area contributed by atoms with Gasteiger partial charge in [0.1, 0.15) is 5.82 Å². The van der Waals surface area contributed by atoms with Crippen LogP contribution in [-0.4, -0.2) is 41.8 Å². The second kappa shape index (κ2) is 10.3. The average molecular weight is 440 g/mol. The Balaban J connectivity index is 1.68. The molecule has 0 aliphatic carbocycles. The van der Waals surface area contributed by atoms with Crippen LogP contribution in [0.15, 0.2) is 47.1 Å². The molecule has 0 bridgehead atoms. The summed E-state index contributed by atoms with van der Waals surface area (Å²) >= 11 is 9.34. The van der Waals surface area contributed by atoms with E-state index in [2.05, 4.69) is 31.5 Å². The highest BCUT2D eigenvalue weighted by Gasteiger charge is 2.10. The van der Waals surface area contributed by atoms with E-state index in [0.717, 1.165) is 10.0 Å². The van der Waals surface area contributed by atoms with E-state index in [-0.39, 0.29) is 18.4 Å². The Hall–Kier alpha value is -1.96. The van der Waals surface area contributed by atoms with E-state index in [4.69, 9.17) is 11.6 Å². The van der Waals surface area contributed by atoms with E-state index in [0.29, 0.717) is 30.4 Å². The lowest BCUT2D eigenvalue weighted by Crippen LogP contribution is -2.34. The molecule has 0 atom stereocenters. The fourth-order valence-electron chi connectivity index (χ4n) is 2.17. The van der Waals surface area contributed by atoms with Gasteiger partial charge < -0.3 is 10.6 Å². The van der Waals surface area contributed by atoms with Gasteiger partial charge in [0.15, 0.2) is 0 Å². The van der Waals surface area contributed by atoms with Crippen LogP contribution in [0.4, 0.5) is 5.82 Å². The molecule has 0 saturated heterocycles. The van der Waals surface area contributed by atoms with Crippen molar-refractivity contribution in [2.75, 3.05) is 25.5 Å². The lowest BCUT2D eigenvalue weighted by molar-refractivity contribution is -0.122. The number of nitrogens with zero attached hydrogens (tertiary/aromatic N) is 2. The van der Waals surface area contributed by atoms with Crippen LogP contribution in [0.1, 0.15) is 12.0 Å². The van der Waals surface area contributed by atoms with Crippen LogP contribution >= 0.6 is 27.5 Å². The van der Waals surface area contributed by atoms with Gasteiger partial charge in [-0.25, -0.2) is 4.98 Å². The van der Waals surface area contributed by atoms with Gasteiger partial charge in [-0.05, 0) is 46.7 Å². The number of likely N-dealkylation sites (N-methyl/N-ethyl adjacent to an activating group) is 1. The first-order valence-corrected chi connectivity index (χ1v) is 9.21. The Morgan fingerprint density at radius 1 is 1.19 bits per heavy atom. The van der Waals surface area contributed by atoms with Crippen LogP contribution < -0.4 is 10.6 Å². The van der Waals surface area contributed by atoms with Crippen molar-refractivity contribution >= 4 is 45.2 Å². The van der Waals surface area contributed by atoms with Gasteiger partial charge in [-0.15, -0.1) is 0 Å². The van der Waals surface area contributed by atoms with Gasteiger partial charge in [0.25, 0.3) is 0 Å². The normalized spacial score (nSPS) is 10.6. The van der Waals surface area contributed by atoms with Gasteiger partial charge in [-0.1, -0.05) is 29.8 Å². The Morgan fingerprint density at radius 2 is 1.96 bits per heavy atom. The predicted octanol–water partition coefficient (Wildman–Crippen LogP) is 3.07. The third-order valence-electron chi connectivity index (χ3n) is 3.56. The summed E-state index contributed by atoms with van der Waals surface area (Å²) in [6.45, 7) is 1.03. The van der Waals surface area contributed by atoms with Crippen LogP contribution in [0.25, 0.3) is 0 Å². The molecule has 0 aliphatic rings. The number of pyridine rings is 1. The number of hydrogen-bond acceptors (Lipinski definition) is 4. The Labute approximate surface area is 166 Å². The van der Waals surface area contributed by atoms with Crippen molar-refractivity contribution < 1.29 is 9.59 Å². The zero-order valence-corrected chi connectivity index (χ0v) is 16.7. The van der Waals surface area contributed by atoms with Crippen LogP contribution in [0, 0.1) is 0 Å². The molecule has 6 nitrogen and oxygen atoms in total. The van der Waals surface area contributed by atoms with Crippen molar-refractivity contribution in [3.63, 3.8) is 0 Å². The lowest BCUT2D eigenvalue weighted by atomic mass is 10.2. The summed E-state index contributed by atoms with van der Waals surface area (Å²) in [6, 6.07) is 10.9. The molecule has 2 rings (SSSR count). The number of halogens is 2. The molecule has 2 aromatic rings. The zero-order valence-electron chi connectivity index (χ0n) is 14.3. The Kier molecular flexibility index (Phi) is 8.03. The van der Waals surface area contributed by atoms with Crippen molar-refractivity contribution in [3.05, 3.63) is 57.7 Å². The second-order valence-electron chi connectivity index (χ2n) is 5.77. The third-order valence-corrected chi connectivity index (χ3v) is 4.40. The van der Waals surface area contributed by atoms with Gasteiger partial charge >= 0.3 is 0 Å². The molecule has 0 unspecified atom stereocenters. The fourth-order valence-corrected chi connectivity index (χ4v) is 2.61. The van der Waals surface area contributed by atoms with Gasteiger partial charge in [0.2, 0.25) is 11.8 Å². The minimum absolute atomic E-state index is 0.0910. The SMILES string of the molecule is CN(CCC(=O)NCc1ccccc1Cl)CC(=O)Nc1ccc(Br)cn1. The number of anilines is 1. The van der Waals surface area contributed by atoms with E-state index in [1.807, 2.05) is 18.2 Å². The van der Waals surface area contributed by atoms with E-state index in [9.17, 15) is 9.59 Å². The molecule has 2 amide bonds. The number of amides is 2. The van der Waals surface area contributed by atoms with Crippen LogP contribution in [0.2, 0.25) is 5.02 Å². The van der Waals surface area contributed by atoms with Crippen LogP contribution in [-0.2, 0) is 16.1 Å². The molecule has 138 valence electrons. The van der Waals surface area contributed by atoms with E-state index >= 15 is 0 Å². The maximum absolute atomic E-state index is 12.0. The quantitative estimate of drug-likeness (QED) is 0.663. The molecule has 0 spiro atoms. The van der Waals surface area contributed by atoms with Gasteiger partial charge in [0.05, 0.1) is 6.54 Å². The average Bonchev–Trinajstić information content (AvgIpc) is 2.61. The van der Waals surface area contributed by atoms with Gasteiger partial charge in [-0.2, -0.15) is 0 Å². The minimum atomic E-state index is -0.182. The molecule has 1 aromatic carbocycles. The summed E-state index contributed by atoms with van der Waals surface area (Å²) in [5.74, 6) is 0.217. The van der Waals surface area contributed by atoms with Crippen molar-refractivity contribution in [2.45, 2.75) is 13.0 Å². The Bertz CT molecular complexity index is 755. The highest BCUT2D eigenvalue weighted by atomic mass is 79.9. The summed E-state index contributed by atoms with van der Waals surface area (Å²) < 4.78 is 0.843. The monoisotopic (exact) mass is 438 g/mol. The molecule has 1 aromatic heterocycles. The molecule has 1 heterocycles. The molecule has 0 aliphatic heterocycles. The number of aromatic nitrogens is 1. The summed E-state index contributed by atoms with van der Waals surface area (Å²) in [6.07, 6.45) is 1.91. The van der Waals surface area contributed by atoms with Crippen molar-refractivity contribution in [2.24, 2.45) is 0 Å². The smallest absolute Gasteiger partial charge is 0.239 e. The number of carbonyl (C=O) groups is 2. The summed E-state index contributed by atoms with van der Waals surface area (Å²) in [7, 11) is 1.79. The van der Waals surface area contributed by atoms with E-state index in [1.165, 1.54) is 0 Å². The zero-order chi connectivity index (χ0) is 18.9. The third kappa shape index (κ3) is 7.11. The number of rotatable bonds is 8. The summed E-state index contributed by atoms with van der Waals surface area (Å²) in [5.41, 5.74) is 0.872. The minimum Gasteiger partial charge on any atom is -0.352 e. The largest absolute Gasteiger partial charge is 0.352 e. The number of carbonyl (C=O) groups excluding carboxylic acids is 2. The van der Waals surface area contributed by atoms with Gasteiger partial charge in [0, 0.05) is 35.2 Å². The number of benzene rings is 1. The van der Waals surface area contributed by atoms with Crippen LogP contribution in [0.3, 0.4) is 0 Å². The lowest BCUT2D eigenvalue weighted by Gasteiger charge is -2.16. The Morgan fingerprint density at radius 3 is 2.65 bits per heavy atom. The molecule has 0 saturated carbocycles. The van der Waals surface area contributed by atoms with E-state index in [1.54, 1.807) is 36.3 Å². The van der Waals surface area contributed by atoms with Gasteiger partial charge in [-0.3, -0.25) is 14.5 Å². The fraction of sp³-hybridized carbons (Fsp3) is 0.278. The first kappa shape index (κ1) is 20.4. The standard InChI is InChI=1S/C18H20BrClN4O2/c1-24(12-18(26)23-16-7-6-14(19)11-21-16)9-8-17(25)22-10-13-4-2-3-5-15(13)20/h2-7,11H,8-10,12H2,1H3,(H,22,25)(H,21,23,26). The molecular formula is C18H20BrClN4O2. The first-order valence-electron chi connectivity index (χ1n) is 8.04. The molecule has 0 radical (unpaired) electrons. The molecular weight excluding hydrogens is 420 g/mol. The molecule has 0 fully saturated rings. The van der Waals surface area contributed by atoms with Crippen molar-refractivity contribution in [1.29, 1.82) is 0 Å². The maximum atomic E-state index is 12.0. The van der Waals surface area contributed by atoms with Crippen molar-refractivity contribution in [1.82, 2.24) is 15.2 Å². The first-order chi connectivity index (χ1) is 12.4. The number of hydrogen-bond donors (Lipinski definition) is 2.